The van der Waals surface area contributed by atoms with Crippen LogP contribution in [0.15, 0.2) is 72.6 Å². The number of hydrogen-bond acceptors (Lipinski definition) is 6. The molecule has 4 aromatic heterocycles. The molecule has 0 spiro atoms. The minimum atomic E-state index is -0.352. The van der Waals surface area contributed by atoms with Gasteiger partial charge in [0, 0.05) is 35.9 Å². The van der Waals surface area contributed by atoms with Gasteiger partial charge in [-0.1, -0.05) is 5.92 Å². The predicted octanol–water partition coefficient (Wildman–Crippen LogP) is 3.97. The number of anilines is 1. The average molecular weight is 411 g/mol. The van der Waals surface area contributed by atoms with Crippen molar-refractivity contribution in [3.63, 3.8) is 0 Å². The fourth-order valence-corrected chi connectivity index (χ4v) is 3.13. The van der Waals surface area contributed by atoms with Gasteiger partial charge >= 0.3 is 0 Å². The highest BCUT2D eigenvalue weighted by molar-refractivity contribution is 5.89. The molecule has 0 aliphatic rings. The van der Waals surface area contributed by atoms with Crippen LogP contribution in [0.1, 0.15) is 6.92 Å². The minimum Gasteiger partial charge on any atom is -0.383 e. The lowest BCUT2D eigenvalue weighted by Crippen LogP contribution is -2.04. The molecule has 0 atom stereocenters. The van der Waals surface area contributed by atoms with Gasteiger partial charge in [-0.05, 0) is 48.9 Å². The zero-order valence-electron chi connectivity index (χ0n) is 16.7. The zero-order chi connectivity index (χ0) is 21.8. The Morgan fingerprint density at radius 2 is 2.03 bits per heavy atom. The van der Waals surface area contributed by atoms with E-state index in [-0.39, 0.29) is 12.4 Å². The Morgan fingerprint density at radius 1 is 1.23 bits per heavy atom. The summed E-state index contributed by atoms with van der Waals surface area (Å²) in [5.74, 6) is 2.69. The standard InChI is InChI=1S/C23H18FN7/c1-3-4-6-17(15(2)24)14-31-23-18(7-5-10-27-23)20(30-31)22-28-13-19(21(25)29-22)16-8-11-26-12-9-16/h1,4-13H,14H2,2H3,(H2,25,28,29)/b6-4-,17-15-. The zero-order valence-corrected chi connectivity index (χ0v) is 16.7. The fourth-order valence-electron chi connectivity index (χ4n) is 3.13. The van der Waals surface area contributed by atoms with Gasteiger partial charge in [-0.25, -0.2) is 24.0 Å². The lowest BCUT2D eigenvalue weighted by Gasteiger charge is -2.06. The number of allylic oxidation sites excluding steroid dienone is 4. The third-order valence-electron chi connectivity index (χ3n) is 4.67. The van der Waals surface area contributed by atoms with E-state index in [1.807, 2.05) is 18.2 Å². The number of hydrogen-bond donors (Lipinski definition) is 1. The number of pyridine rings is 2. The third kappa shape index (κ3) is 4.02. The van der Waals surface area contributed by atoms with Gasteiger partial charge in [0.25, 0.3) is 0 Å². The van der Waals surface area contributed by atoms with E-state index in [0.717, 1.165) is 10.9 Å². The van der Waals surface area contributed by atoms with Gasteiger partial charge in [-0.2, -0.15) is 5.10 Å². The van der Waals surface area contributed by atoms with E-state index >= 15 is 0 Å². The molecule has 31 heavy (non-hydrogen) atoms. The van der Waals surface area contributed by atoms with E-state index in [9.17, 15) is 4.39 Å². The molecule has 4 rings (SSSR count). The third-order valence-corrected chi connectivity index (χ3v) is 4.67. The molecule has 0 aliphatic carbocycles. The molecule has 0 saturated heterocycles. The number of fused-ring (bicyclic) bond motifs is 1. The molecule has 7 nitrogen and oxygen atoms in total. The number of nitrogen functional groups attached to an aromatic ring is 1. The number of terminal acetylenes is 1. The molecule has 0 aliphatic heterocycles. The van der Waals surface area contributed by atoms with E-state index in [0.29, 0.717) is 34.1 Å². The molecule has 0 saturated carbocycles. The minimum absolute atomic E-state index is 0.151. The van der Waals surface area contributed by atoms with Crippen molar-refractivity contribution in [1.29, 1.82) is 0 Å². The molecule has 0 fully saturated rings. The molecule has 8 heteroatoms. The smallest absolute Gasteiger partial charge is 0.182 e. The van der Waals surface area contributed by atoms with E-state index in [1.165, 1.54) is 13.0 Å². The number of nitrogens with two attached hydrogens (primary N) is 1. The number of aromatic nitrogens is 6. The van der Waals surface area contributed by atoms with Gasteiger partial charge in [-0.3, -0.25) is 4.98 Å². The lowest BCUT2D eigenvalue weighted by atomic mass is 10.1. The summed E-state index contributed by atoms with van der Waals surface area (Å²) in [6.45, 7) is 1.52. The summed E-state index contributed by atoms with van der Waals surface area (Å²) in [5.41, 5.74) is 9.25. The maximum absolute atomic E-state index is 14.0. The SMILES string of the molecule is C#C/C=C\C(Cn1nc(-c2ncc(-c3ccncc3)c(N)n2)c2cccnc21)=C(/C)F. The first kappa shape index (κ1) is 19.9. The van der Waals surface area contributed by atoms with Crippen molar-refractivity contribution in [2.75, 3.05) is 5.73 Å². The van der Waals surface area contributed by atoms with Gasteiger partial charge in [0.2, 0.25) is 0 Å². The molecular weight excluding hydrogens is 393 g/mol. The summed E-state index contributed by atoms with van der Waals surface area (Å²) in [5, 5.41) is 5.34. The van der Waals surface area contributed by atoms with Crippen LogP contribution < -0.4 is 5.73 Å². The largest absolute Gasteiger partial charge is 0.383 e. The van der Waals surface area contributed by atoms with Gasteiger partial charge < -0.3 is 5.73 Å². The maximum atomic E-state index is 14.0. The molecule has 0 bridgehead atoms. The van der Waals surface area contributed by atoms with Crippen LogP contribution in [0.3, 0.4) is 0 Å². The first-order chi connectivity index (χ1) is 15.1. The summed E-state index contributed by atoms with van der Waals surface area (Å²) in [6, 6.07) is 7.32. The number of halogens is 1. The summed E-state index contributed by atoms with van der Waals surface area (Å²) < 4.78 is 15.6. The molecule has 0 radical (unpaired) electrons. The number of rotatable bonds is 5. The van der Waals surface area contributed by atoms with Gasteiger partial charge in [0.15, 0.2) is 11.5 Å². The summed E-state index contributed by atoms with van der Waals surface area (Å²) in [4.78, 5) is 17.3. The lowest BCUT2D eigenvalue weighted by molar-refractivity contribution is 0.605. The molecule has 4 heterocycles. The first-order valence-corrected chi connectivity index (χ1v) is 9.41. The Balaban J connectivity index is 1.79. The quantitative estimate of drug-likeness (QED) is 0.394. The number of nitrogens with zero attached hydrogens (tertiary/aromatic N) is 6. The van der Waals surface area contributed by atoms with Crippen molar-refractivity contribution >= 4 is 16.9 Å². The van der Waals surface area contributed by atoms with E-state index in [4.69, 9.17) is 12.2 Å². The second-order valence-corrected chi connectivity index (χ2v) is 6.67. The summed E-state index contributed by atoms with van der Waals surface area (Å²) >= 11 is 0. The van der Waals surface area contributed by atoms with E-state index in [2.05, 4.69) is 31.0 Å². The van der Waals surface area contributed by atoms with Crippen molar-refractivity contribution in [3.8, 4) is 35.0 Å². The van der Waals surface area contributed by atoms with E-state index < -0.39 is 0 Å². The summed E-state index contributed by atoms with van der Waals surface area (Å²) in [7, 11) is 0. The second kappa shape index (κ2) is 8.55. The van der Waals surface area contributed by atoms with Gasteiger partial charge in [0.05, 0.1) is 11.9 Å². The van der Waals surface area contributed by atoms with Crippen LogP contribution in [0.25, 0.3) is 33.7 Å². The van der Waals surface area contributed by atoms with Crippen molar-refractivity contribution in [2.45, 2.75) is 13.5 Å². The molecule has 2 N–H and O–H groups in total. The van der Waals surface area contributed by atoms with Crippen LogP contribution in [0.4, 0.5) is 10.2 Å². The van der Waals surface area contributed by atoms with Crippen LogP contribution in [0, 0.1) is 12.3 Å². The molecule has 0 unspecified atom stereocenters. The fraction of sp³-hybridized carbons (Fsp3) is 0.0870. The van der Waals surface area contributed by atoms with Gasteiger partial charge in [0.1, 0.15) is 17.3 Å². The van der Waals surface area contributed by atoms with Gasteiger partial charge in [-0.15, -0.1) is 6.42 Å². The van der Waals surface area contributed by atoms with Crippen LogP contribution >= 0.6 is 0 Å². The van der Waals surface area contributed by atoms with Crippen molar-refractivity contribution in [1.82, 2.24) is 29.7 Å². The Hall–Kier alpha value is -4.38. The average Bonchev–Trinajstić information content (AvgIpc) is 3.15. The van der Waals surface area contributed by atoms with Crippen LogP contribution in [-0.2, 0) is 6.54 Å². The normalized spacial score (nSPS) is 12.2. The van der Waals surface area contributed by atoms with E-state index in [1.54, 1.807) is 41.6 Å². The van der Waals surface area contributed by atoms with Crippen molar-refractivity contribution in [3.05, 3.63) is 72.6 Å². The van der Waals surface area contributed by atoms with Crippen molar-refractivity contribution in [2.24, 2.45) is 0 Å². The molecular formula is C23H18FN7. The highest BCUT2D eigenvalue weighted by Crippen LogP contribution is 2.29. The highest BCUT2D eigenvalue weighted by Gasteiger charge is 2.18. The monoisotopic (exact) mass is 411 g/mol. The van der Waals surface area contributed by atoms with Crippen molar-refractivity contribution < 1.29 is 4.39 Å². The molecule has 0 aromatic carbocycles. The second-order valence-electron chi connectivity index (χ2n) is 6.67. The molecule has 4 aromatic rings. The predicted molar refractivity (Wildman–Crippen MR) is 118 cm³/mol. The van der Waals surface area contributed by atoms with Crippen LogP contribution in [0.5, 0.6) is 0 Å². The topological polar surface area (TPSA) is 95.4 Å². The van der Waals surface area contributed by atoms with Crippen LogP contribution in [-0.4, -0.2) is 29.7 Å². The highest BCUT2D eigenvalue weighted by atomic mass is 19.1. The summed E-state index contributed by atoms with van der Waals surface area (Å²) in [6.07, 6.45) is 14.9. The molecule has 0 amide bonds. The maximum Gasteiger partial charge on any atom is 0.182 e. The Labute approximate surface area is 178 Å². The Bertz CT molecular complexity index is 1340. The Kier molecular flexibility index (Phi) is 5.49. The first-order valence-electron chi connectivity index (χ1n) is 9.41. The molecule has 152 valence electrons. The van der Waals surface area contributed by atoms with Crippen LogP contribution in [0.2, 0.25) is 0 Å². The Morgan fingerprint density at radius 3 is 2.74 bits per heavy atom.